The maximum Gasteiger partial charge on any atom is 0.251 e. The molecule has 4 N–H and O–H groups in total. The van der Waals surface area contributed by atoms with Gasteiger partial charge in [-0.15, -0.1) is 0 Å². The van der Waals surface area contributed by atoms with Crippen molar-refractivity contribution in [2.24, 2.45) is 5.73 Å². The summed E-state index contributed by atoms with van der Waals surface area (Å²) in [7, 11) is 0. The zero-order chi connectivity index (χ0) is 14.4. The number of amides is 2. The smallest absolute Gasteiger partial charge is 0.251 e. The van der Waals surface area contributed by atoms with Gasteiger partial charge in [0.1, 0.15) is 11.0 Å². The van der Waals surface area contributed by atoms with Crippen molar-refractivity contribution in [3.63, 3.8) is 0 Å². The largest absolute Gasteiger partial charge is 0.389 e. The van der Waals surface area contributed by atoms with Gasteiger partial charge in [0.2, 0.25) is 5.91 Å². The van der Waals surface area contributed by atoms with E-state index in [2.05, 4.69) is 10.6 Å². The van der Waals surface area contributed by atoms with Crippen LogP contribution in [-0.4, -0.2) is 29.4 Å². The number of nitrogens with two attached hydrogens (primary N) is 1. The van der Waals surface area contributed by atoms with E-state index in [1.165, 1.54) is 0 Å². The summed E-state index contributed by atoms with van der Waals surface area (Å²) >= 11 is 4.85. The number of hydrogen-bond donors (Lipinski definition) is 3. The zero-order valence-corrected chi connectivity index (χ0v) is 11.7. The highest BCUT2D eigenvalue weighted by atomic mass is 32.1. The van der Waals surface area contributed by atoms with E-state index in [1.54, 1.807) is 31.2 Å². The lowest BCUT2D eigenvalue weighted by Gasteiger charge is -2.13. The molecule has 0 aromatic heterocycles. The van der Waals surface area contributed by atoms with E-state index in [4.69, 9.17) is 18.0 Å². The van der Waals surface area contributed by atoms with E-state index < -0.39 is 6.04 Å². The third-order valence-corrected chi connectivity index (χ3v) is 2.74. The Morgan fingerprint density at radius 3 is 2.58 bits per heavy atom. The number of rotatable bonds is 5. The quantitative estimate of drug-likeness (QED) is 0.688. The van der Waals surface area contributed by atoms with Crippen LogP contribution in [0, 0.1) is 0 Å². The standard InChI is InChI=1S/C13H17N3O2S/c1-3-15-12(17)8(2)16-13(18)10-6-4-5-9(7-10)11(14)19/h4-8H,3H2,1-2H3,(H2,14,19)(H,15,17)(H,16,18). The minimum atomic E-state index is -0.596. The van der Waals surface area contributed by atoms with Crippen LogP contribution in [0.4, 0.5) is 0 Å². The predicted molar refractivity (Wildman–Crippen MR) is 77.9 cm³/mol. The van der Waals surface area contributed by atoms with E-state index in [0.717, 1.165) is 0 Å². The second-order valence-electron chi connectivity index (χ2n) is 4.03. The van der Waals surface area contributed by atoms with Gasteiger partial charge in [0.05, 0.1) is 0 Å². The van der Waals surface area contributed by atoms with Crippen molar-refractivity contribution in [2.45, 2.75) is 19.9 Å². The minimum absolute atomic E-state index is 0.221. The SMILES string of the molecule is CCNC(=O)C(C)NC(=O)c1cccc(C(N)=S)c1. The summed E-state index contributed by atoms with van der Waals surface area (Å²) in [5.74, 6) is -0.557. The Hall–Kier alpha value is -1.95. The first kappa shape index (κ1) is 15.1. The molecule has 1 aromatic rings. The molecule has 1 aromatic carbocycles. The fraction of sp³-hybridized carbons (Fsp3) is 0.308. The molecule has 0 fully saturated rings. The maximum absolute atomic E-state index is 12.0. The first-order valence-electron chi connectivity index (χ1n) is 5.94. The molecule has 0 saturated heterocycles. The molecule has 0 radical (unpaired) electrons. The van der Waals surface area contributed by atoms with Crippen LogP contribution in [0.5, 0.6) is 0 Å². The van der Waals surface area contributed by atoms with Gasteiger partial charge < -0.3 is 16.4 Å². The minimum Gasteiger partial charge on any atom is -0.389 e. The molecule has 1 atom stereocenters. The molecule has 102 valence electrons. The summed E-state index contributed by atoms with van der Waals surface area (Å²) in [4.78, 5) is 23.7. The van der Waals surface area contributed by atoms with Crippen LogP contribution in [0.15, 0.2) is 24.3 Å². The summed E-state index contributed by atoms with van der Waals surface area (Å²) in [6.07, 6.45) is 0. The summed E-state index contributed by atoms with van der Waals surface area (Å²) in [5.41, 5.74) is 6.54. The predicted octanol–water partition coefficient (Wildman–Crippen LogP) is 0.575. The van der Waals surface area contributed by atoms with Crippen molar-refractivity contribution in [3.05, 3.63) is 35.4 Å². The fourth-order valence-corrected chi connectivity index (χ4v) is 1.61. The van der Waals surface area contributed by atoms with Crippen molar-refractivity contribution in [3.8, 4) is 0 Å². The van der Waals surface area contributed by atoms with Gasteiger partial charge in [0, 0.05) is 17.7 Å². The number of thiocarbonyl (C=S) groups is 1. The third kappa shape index (κ3) is 4.33. The van der Waals surface area contributed by atoms with Crippen molar-refractivity contribution < 1.29 is 9.59 Å². The lowest BCUT2D eigenvalue weighted by molar-refractivity contribution is -0.122. The number of nitrogens with one attached hydrogen (secondary N) is 2. The van der Waals surface area contributed by atoms with Crippen LogP contribution >= 0.6 is 12.2 Å². The Balaban J connectivity index is 2.75. The van der Waals surface area contributed by atoms with Crippen molar-refractivity contribution in [2.75, 3.05) is 6.54 Å². The molecule has 0 heterocycles. The Morgan fingerprint density at radius 2 is 2.00 bits per heavy atom. The van der Waals surface area contributed by atoms with Crippen LogP contribution in [-0.2, 0) is 4.79 Å². The number of benzene rings is 1. The van der Waals surface area contributed by atoms with E-state index in [0.29, 0.717) is 17.7 Å². The summed E-state index contributed by atoms with van der Waals surface area (Å²) in [6, 6.07) is 6.07. The molecular formula is C13H17N3O2S. The monoisotopic (exact) mass is 279 g/mol. The van der Waals surface area contributed by atoms with Crippen LogP contribution in [0.2, 0.25) is 0 Å². The summed E-state index contributed by atoms with van der Waals surface area (Å²) < 4.78 is 0. The lowest BCUT2D eigenvalue weighted by Crippen LogP contribution is -2.44. The molecule has 0 aliphatic heterocycles. The molecule has 1 unspecified atom stereocenters. The molecule has 19 heavy (non-hydrogen) atoms. The molecule has 0 bridgehead atoms. The maximum atomic E-state index is 12.0. The molecule has 0 aliphatic carbocycles. The van der Waals surface area contributed by atoms with Gasteiger partial charge in [0.25, 0.3) is 5.91 Å². The van der Waals surface area contributed by atoms with Crippen LogP contribution in [0.1, 0.15) is 29.8 Å². The second-order valence-corrected chi connectivity index (χ2v) is 4.47. The topological polar surface area (TPSA) is 84.2 Å². The molecular weight excluding hydrogens is 262 g/mol. The van der Waals surface area contributed by atoms with Gasteiger partial charge in [-0.1, -0.05) is 24.4 Å². The van der Waals surface area contributed by atoms with Crippen LogP contribution in [0.25, 0.3) is 0 Å². The Bertz CT molecular complexity index is 502. The average Bonchev–Trinajstić information content (AvgIpc) is 2.39. The molecule has 5 nitrogen and oxygen atoms in total. The van der Waals surface area contributed by atoms with Gasteiger partial charge in [0.15, 0.2) is 0 Å². The van der Waals surface area contributed by atoms with E-state index in [-0.39, 0.29) is 16.8 Å². The zero-order valence-electron chi connectivity index (χ0n) is 10.9. The Kier molecular flexibility index (Phi) is 5.44. The highest BCUT2D eigenvalue weighted by molar-refractivity contribution is 7.80. The van der Waals surface area contributed by atoms with Gasteiger partial charge in [-0.05, 0) is 26.0 Å². The first-order valence-corrected chi connectivity index (χ1v) is 6.35. The number of carbonyl (C=O) groups excluding carboxylic acids is 2. The Morgan fingerprint density at radius 1 is 1.37 bits per heavy atom. The number of likely N-dealkylation sites (N-methyl/N-ethyl adjacent to an activating group) is 1. The Labute approximate surface area is 117 Å². The fourth-order valence-electron chi connectivity index (χ4n) is 1.49. The first-order chi connectivity index (χ1) is 8.95. The lowest BCUT2D eigenvalue weighted by atomic mass is 10.1. The molecule has 0 saturated carbocycles. The number of hydrogen-bond acceptors (Lipinski definition) is 3. The van der Waals surface area contributed by atoms with Crippen molar-refractivity contribution >= 4 is 29.0 Å². The van der Waals surface area contributed by atoms with Crippen LogP contribution < -0.4 is 16.4 Å². The number of carbonyl (C=O) groups is 2. The van der Waals surface area contributed by atoms with Crippen molar-refractivity contribution in [1.29, 1.82) is 0 Å². The highest BCUT2D eigenvalue weighted by Gasteiger charge is 2.16. The van der Waals surface area contributed by atoms with Gasteiger partial charge in [-0.3, -0.25) is 9.59 Å². The van der Waals surface area contributed by atoms with Crippen LogP contribution in [0.3, 0.4) is 0 Å². The molecule has 6 heteroatoms. The highest BCUT2D eigenvalue weighted by Crippen LogP contribution is 2.05. The van der Waals surface area contributed by atoms with Crippen molar-refractivity contribution in [1.82, 2.24) is 10.6 Å². The summed E-state index contributed by atoms with van der Waals surface area (Å²) in [5, 5.41) is 5.25. The molecule has 0 spiro atoms. The van der Waals surface area contributed by atoms with E-state index >= 15 is 0 Å². The van der Waals surface area contributed by atoms with E-state index in [9.17, 15) is 9.59 Å². The average molecular weight is 279 g/mol. The normalized spacial score (nSPS) is 11.5. The van der Waals surface area contributed by atoms with Gasteiger partial charge in [-0.2, -0.15) is 0 Å². The molecule has 0 aliphatic rings. The van der Waals surface area contributed by atoms with E-state index in [1.807, 2.05) is 6.92 Å². The third-order valence-electron chi connectivity index (χ3n) is 2.50. The molecule has 2 amide bonds. The second kappa shape index (κ2) is 6.84. The molecule has 1 rings (SSSR count). The summed E-state index contributed by atoms with van der Waals surface area (Å²) in [6.45, 7) is 3.97. The van der Waals surface area contributed by atoms with Gasteiger partial charge >= 0.3 is 0 Å². The van der Waals surface area contributed by atoms with Gasteiger partial charge in [-0.25, -0.2) is 0 Å².